The van der Waals surface area contributed by atoms with Gasteiger partial charge in [-0.15, -0.1) is 0 Å². The molecule has 2 rings (SSSR count). The van der Waals surface area contributed by atoms with Crippen LogP contribution >= 0.6 is 0 Å². The average molecular weight is 364 g/mol. The number of nitrogens with zero attached hydrogens (tertiary/aromatic N) is 2. The highest BCUT2D eigenvalue weighted by atomic mass is 19.4. The zero-order chi connectivity index (χ0) is 19.0. The molecule has 134 valence electrons. The van der Waals surface area contributed by atoms with Crippen molar-refractivity contribution in [1.29, 1.82) is 0 Å². The van der Waals surface area contributed by atoms with E-state index >= 15 is 0 Å². The lowest BCUT2D eigenvalue weighted by Crippen LogP contribution is -2.41. The molecule has 1 N–H and O–H groups in total. The van der Waals surface area contributed by atoms with Gasteiger partial charge in [0.15, 0.2) is 0 Å². The van der Waals surface area contributed by atoms with Crippen molar-refractivity contribution in [2.75, 3.05) is 0 Å². The van der Waals surface area contributed by atoms with E-state index in [9.17, 15) is 31.5 Å². The molecule has 2 aromatic rings. The summed E-state index contributed by atoms with van der Waals surface area (Å²) in [6, 6.07) is 4.82. The Hall–Kier alpha value is -2.98. The molecule has 1 heterocycles. The summed E-state index contributed by atoms with van der Waals surface area (Å²) in [5.74, 6) is -2.33. The topological polar surface area (TPSA) is 81.4 Å². The zero-order valence-electron chi connectivity index (χ0n) is 12.3. The van der Waals surface area contributed by atoms with E-state index in [1.165, 1.54) is 6.92 Å². The number of alkyl halides is 5. The number of benzene rings is 1. The number of hydrogen-bond acceptors (Lipinski definition) is 4. The van der Waals surface area contributed by atoms with E-state index < -0.39 is 35.1 Å². The maximum atomic E-state index is 12.8. The van der Waals surface area contributed by atoms with Crippen LogP contribution in [0, 0.1) is 6.92 Å². The lowest BCUT2D eigenvalue weighted by atomic mass is 10.2. The molecule has 0 radical (unpaired) electrons. The molecule has 0 atom stereocenters. The summed E-state index contributed by atoms with van der Waals surface area (Å²) >= 11 is 0. The third-order valence-electron chi connectivity index (χ3n) is 2.97. The van der Waals surface area contributed by atoms with Crippen molar-refractivity contribution in [2.24, 2.45) is 0 Å². The van der Waals surface area contributed by atoms with Crippen LogP contribution < -0.4 is 10.2 Å². The number of halogens is 5. The molecular weight excluding hydrogens is 355 g/mol. The van der Waals surface area contributed by atoms with Crippen molar-refractivity contribution >= 4 is 5.97 Å². The molecule has 0 aliphatic heterocycles. The lowest BCUT2D eigenvalue weighted by molar-refractivity contribution is -0.360. The Morgan fingerprint density at radius 3 is 2.20 bits per heavy atom. The number of aromatic carboxylic acids is 1. The normalized spacial score (nSPS) is 12.1. The van der Waals surface area contributed by atoms with E-state index in [2.05, 4.69) is 9.84 Å². The zero-order valence-corrected chi connectivity index (χ0v) is 12.3. The summed E-state index contributed by atoms with van der Waals surface area (Å²) in [6.45, 7) is 1.43. The molecule has 0 aliphatic rings. The van der Waals surface area contributed by atoms with Gasteiger partial charge in [-0.05, 0) is 31.2 Å². The van der Waals surface area contributed by atoms with Crippen LogP contribution in [0.25, 0.3) is 5.69 Å². The SMILES string of the molecule is Cc1cc(=O)c(C(=O)O)nn1-c1ccc(OC(F)(F)C(F)(F)F)cc1. The van der Waals surface area contributed by atoms with Gasteiger partial charge in [0.2, 0.25) is 11.1 Å². The number of carboxylic acid groups (broad SMARTS) is 1. The van der Waals surface area contributed by atoms with E-state index in [1.807, 2.05) is 0 Å². The molecule has 6 nitrogen and oxygen atoms in total. The fraction of sp³-hybridized carbons (Fsp3) is 0.214. The second-order valence-corrected chi connectivity index (χ2v) is 4.83. The number of carboxylic acids is 1. The second kappa shape index (κ2) is 6.15. The van der Waals surface area contributed by atoms with Crippen LogP contribution in [0.2, 0.25) is 0 Å². The van der Waals surface area contributed by atoms with Gasteiger partial charge in [-0.1, -0.05) is 0 Å². The molecule has 0 spiro atoms. The van der Waals surface area contributed by atoms with Crippen molar-refractivity contribution in [3.05, 3.63) is 51.9 Å². The van der Waals surface area contributed by atoms with Gasteiger partial charge in [-0.25, -0.2) is 9.48 Å². The third-order valence-corrected chi connectivity index (χ3v) is 2.97. The Labute approximate surface area is 136 Å². The summed E-state index contributed by atoms with van der Waals surface area (Å²) in [5, 5.41) is 12.5. The average Bonchev–Trinajstić information content (AvgIpc) is 2.46. The molecule has 1 aromatic heterocycles. The van der Waals surface area contributed by atoms with Gasteiger partial charge in [0.05, 0.1) is 5.69 Å². The molecule has 1 aromatic carbocycles. The number of aromatic nitrogens is 2. The Morgan fingerprint density at radius 1 is 1.16 bits per heavy atom. The smallest absolute Gasteiger partial charge is 0.476 e. The minimum absolute atomic E-state index is 0.127. The fourth-order valence-corrected chi connectivity index (χ4v) is 1.82. The maximum Gasteiger partial charge on any atom is 0.499 e. The fourth-order valence-electron chi connectivity index (χ4n) is 1.82. The first kappa shape index (κ1) is 18.4. The quantitative estimate of drug-likeness (QED) is 0.844. The van der Waals surface area contributed by atoms with Gasteiger partial charge in [-0.3, -0.25) is 4.79 Å². The summed E-state index contributed by atoms with van der Waals surface area (Å²) < 4.78 is 66.6. The van der Waals surface area contributed by atoms with Crippen LogP contribution in [0.15, 0.2) is 35.1 Å². The number of hydrogen-bond donors (Lipinski definition) is 1. The largest absolute Gasteiger partial charge is 0.499 e. The summed E-state index contributed by atoms with van der Waals surface area (Å²) in [4.78, 5) is 22.4. The van der Waals surface area contributed by atoms with Crippen LogP contribution in [0.4, 0.5) is 22.0 Å². The third kappa shape index (κ3) is 3.75. The van der Waals surface area contributed by atoms with Gasteiger partial charge in [-0.2, -0.15) is 27.1 Å². The van der Waals surface area contributed by atoms with Crippen molar-refractivity contribution in [3.63, 3.8) is 0 Å². The first-order valence-electron chi connectivity index (χ1n) is 6.50. The summed E-state index contributed by atoms with van der Waals surface area (Å²) in [7, 11) is 0. The van der Waals surface area contributed by atoms with Crippen molar-refractivity contribution in [2.45, 2.75) is 19.2 Å². The van der Waals surface area contributed by atoms with Crippen LogP contribution in [0.5, 0.6) is 5.75 Å². The minimum Gasteiger partial charge on any atom is -0.476 e. The monoisotopic (exact) mass is 364 g/mol. The van der Waals surface area contributed by atoms with Crippen LogP contribution in [-0.4, -0.2) is 33.1 Å². The molecule has 0 aliphatic carbocycles. The lowest BCUT2D eigenvalue weighted by Gasteiger charge is -2.20. The minimum atomic E-state index is -5.88. The number of carbonyl (C=O) groups is 1. The van der Waals surface area contributed by atoms with E-state index in [-0.39, 0.29) is 11.4 Å². The number of aryl methyl sites for hydroxylation is 1. The summed E-state index contributed by atoms with van der Waals surface area (Å²) in [6.07, 6.45) is -11.2. The van der Waals surface area contributed by atoms with Gasteiger partial charge in [0.1, 0.15) is 5.75 Å². The molecule has 0 amide bonds. The Kier molecular flexibility index (Phi) is 4.51. The highest BCUT2D eigenvalue weighted by Gasteiger charge is 2.61. The summed E-state index contributed by atoms with van der Waals surface area (Å²) in [5.41, 5.74) is -1.24. The van der Waals surface area contributed by atoms with Crippen LogP contribution in [0.1, 0.15) is 16.2 Å². The van der Waals surface area contributed by atoms with Crippen molar-refractivity contribution in [1.82, 2.24) is 9.78 Å². The molecule has 0 fully saturated rings. The molecule has 0 bridgehead atoms. The van der Waals surface area contributed by atoms with Crippen LogP contribution in [0.3, 0.4) is 0 Å². The van der Waals surface area contributed by atoms with Gasteiger partial charge in [0.25, 0.3) is 0 Å². The van der Waals surface area contributed by atoms with Crippen molar-refractivity contribution in [3.8, 4) is 11.4 Å². The van der Waals surface area contributed by atoms with Crippen LogP contribution in [-0.2, 0) is 0 Å². The number of rotatable bonds is 4. The Bertz CT molecular complexity index is 859. The molecule has 0 saturated heterocycles. The molecule has 25 heavy (non-hydrogen) atoms. The molecule has 0 unspecified atom stereocenters. The Balaban J connectivity index is 2.37. The van der Waals surface area contributed by atoms with Crippen molar-refractivity contribution < 1.29 is 36.6 Å². The standard InChI is InChI=1S/C14H9F5N2O4/c1-7-6-10(22)11(12(23)24)20-21(7)8-2-4-9(5-3-8)25-14(18,19)13(15,16)17/h2-6H,1H3,(H,23,24). The van der Waals surface area contributed by atoms with Gasteiger partial charge in [0, 0.05) is 11.8 Å². The molecule has 0 saturated carbocycles. The molecule has 11 heteroatoms. The van der Waals surface area contributed by atoms with E-state index in [4.69, 9.17) is 5.11 Å². The first-order chi connectivity index (χ1) is 11.4. The maximum absolute atomic E-state index is 12.8. The number of ether oxygens (including phenoxy) is 1. The predicted octanol–water partition coefficient (Wildman–Crippen LogP) is 2.77. The van der Waals surface area contributed by atoms with E-state index in [0.717, 1.165) is 35.0 Å². The Morgan fingerprint density at radius 2 is 1.72 bits per heavy atom. The van der Waals surface area contributed by atoms with E-state index in [0.29, 0.717) is 0 Å². The highest BCUT2D eigenvalue weighted by Crippen LogP contribution is 2.37. The highest BCUT2D eigenvalue weighted by molar-refractivity contribution is 5.84. The van der Waals surface area contributed by atoms with E-state index in [1.54, 1.807) is 0 Å². The second-order valence-electron chi connectivity index (χ2n) is 4.83. The van der Waals surface area contributed by atoms with Gasteiger partial charge < -0.3 is 9.84 Å². The van der Waals surface area contributed by atoms with Gasteiger partial charge >= 0.3 is 18.3 Å². The predicted molar refractivity (Wildman–Crippen MR) is 73.2 cm³/mol. The first-order valence-corrected chi connectivity index (χ1v) is 6.50. The molecular formula is C14H9F5N2O4.